The lowest BCUT2D eigenvalue weighted by atomic mass is 10.1. The van der Waals surface area contributed by atoms with Gasteiger partial charge in [-0.2, -0.15) is 0 Å². The smallest absolute Gasteiger partial charge is 0.0431 e. The molecule has 1 fully saturated rings. The van der Waals surface area contributed by atoms with E-state index in [2.05, 4.69) is 35.2 Å². The highest BCUT2D eigenvalue weighted by molar-refractivity contribution is 5.47. The van der Waals surface area contributed by atoms with Crippen LogP contribution in [-0.2, 0) is 0 Å². The van der Waals surface area contributed by atoms with Crippen LogP contribution >= 0.6 is 0 Å². The molecule has 1 aliphatic heterocycles. The van der Waals surface area contributed by atoms with Crippen molar-refractivity contribution in [2.45, 2.75) is 31.7 Å². The van der Waals surface area contributed by atoms with Crippen LogP contribution in [0.2, 0.25) is 0 Å². The number of para-hydroxylation sites is 1. The van der Waals surface area contributed by atoms with E-state index in [4.69, 9.17) is 5.11 Å². The minimum atomic E-state index is 0.319. The van der Waals surface area contributed by atoms with E-state index in [-0.39, 0.29) is 0 Å². The number of anilines is 1. The van der Waals surface area contributed by atoms with Crippen LogP contribution in [0.4, 0.5) is 5.69 Å². The van der Waals surface area contributed by atoms with Crippen molar-refractivity contribution in [3.63, 3.8) is 0 Å². The average Bonchev–Trinajstić information content (AvgIpc) is 2.75. The molecule has 1 aromatic carbocycles. The van der Waals surface area contributed by atoms with E-state index in [1.54, 1.807) is 0 Å². The molecule has 2 heteroatoms. The van der Waals surface area contributed by atoms with Gasteiger partial charge in [-0.3, -0.25) is 0 Å². The second-order valence-corrected chi connectivity index (χ2v) is 4.19. The normalized spacial score (nSPS) is 20.9. The van der Waals surface area contributed by atoms with Crippen molar-refractivity contribution >= 4 is 5.69 Å². The van der Waals surface area contributed by atoms with Crippen molar-refractivity contribution in [2.24, 2.45) is 0 Å². The first kappa shape index (κ1) is 10.5. The quantitative estimate of drug-likeness (QED) is 0.816. The van der Waals surface area contributed by atoms with Crippen molar-refractivity contribution in [2.75, 3.05) is 18.1 Å². The summed E-state index contributed by atoms with van der Waals surface area (Å²) in [6, 6.07) is 11.2. The van der Waals surface area contributed by atoms with Crippen molar-refractivity contribution in [3.8, 4) is 0 Å². The third kappa shape index (κ3) is 2.51. The summed E-state index contributed by atoms with van der Waals surface area (Å²) in [7, 11) is 0. The molecule has 2 nitrogen and oxygen atoms in total. The van der Waals surface area contributed by atoms with Gasteiger partial charge < -0.3 is 10.0 Å². The summed E-state index contributed by atoms with van der Waals surface area (Å²) in [6.45, 7) is 1.49. The van der Waals surface area contributed by atoms with Crippen LogP contribution in [0.3, 0.4) is 0 Å². The van der Waals surface area contributed by atoms with Gasteiger partial charge in [0.25, 0.3) is 0 Å². The lowest BCUT2D eigenvalue weighted by Crippen LogP contribution is -2.29. The van der Waals surface area contributed by atoms with E-state index in [9.17, 15) is 0 Å². The molecular weight excluding hydrogens is 186 g/mol. The Bertz CT molecular complexity index is 286. The van der Waals surface area contributed by atoms with Crippen molar-refractivity contribution in [3.05, 3.63) is 30.3 Å². The van der Waals surface area contributed by atoms with E-state index in [0.717, 1.165) is 12.8 Å². The summed E-state index contributed by atoms with van der Waals surface area (Å²) >= 11 is 0. The minimum absolute atomic E-state index is 0.319. The topological polar surface area (TPSA) is 23.5 Å². The Hall–Kier alpha value is -1.02. The minimum Gasteiger partial charge on any atom is -0.396 e. The Kier molecular flexibility index (Phi) is 3.62. The molecule has 1 unspecified atom stereocenters. The van der Waals surface area contributed by atoms with E-state index in [1.807, 2.05) is 0 Å². The molecule has 1 atom stereocenters. The van der Waals surface area contributed by atoms with Gasteiger partial charge in [-0.05, 0) is 37.8 Å². The second kappa shape index (κ2) is 5.17. The fraction of sp³-hybridized carbons (Fsp3) is 0.538. The molecule has 1 saturated heterocycles. The first-order valence-corrected chi connectivity index (χ1v) is 5.84. The molecule has 0 amide bonds. The maximum atomic E-state index is 8.86. The van der Waals surface area contributed by atoms with E-state index < -0.39 is 0 Å². The van der Waals surface area contributed by atoms with Gasteiger partial charge in [0, 0.05) is 24.9 Å². The van der Waals surface area contributed by atoms with E-state index >= 15 is 0 Å². The summed E-state index contributed by atoms with van der Waals surface area (Å²) in [4.78, 5) is 2.48. The van der Waals surface area contributed by atoms with Crippen LogP contribution in [0, 0.1) is 0 Å². The van der Waals surface area contributed by atoms with Crippen LogP contribution in [0.25, 0.3) is 0 Å². The van der Waals surface area contributed by atoms with Crippen molar-refractivity contribution in [1.29, 1.82) is 0 Å². The fourth-order valence-corrected chi connectivity index (χ4v) is 2.42. The number of nitrogens with zero attached hydrogens (tertiary/aromatic N) is 1. The number of hydrogen-bond acceptors (Lipinski definition) is 2. The number of aliphatic hydroxyl groups excluding tert-OH is 1. The summed E-state index contributed by atoms with van der Waals surface area (Å²) in [5.74, 6) is 0. The first-order chi connectivity index (χ1) is 7.42. The molecular formula is C13H19NO. The summed E-state index contributed by atoms with van der Waals surface area (Å²) < 4.78 is 0. The van der Waals surface area contributed by atoms with Gasteiger partial charge >= 0.3 is 0 Å². The predicted molar refractivity (Wildman–Crippen MR) is 63.1 cm³/mol. The highest BCUT2D eigenvalue weighted by Gasteiger charge is 2.23. The molecule has 0 aliphatic carbocycles. The zero-order valence-electron chi connectivity index (χ0n) is 9.10. The van der Waals surface area contributed by atoms with Crippen molar-refractivity contribution < 1.29 is 5.11 Å². The molecule has 1 aliphatic rings. The number of rotatable bonds is 4. The Morgan fingerprint density at radius 1 is 1.27 bits per heavy atom. The van der Waals surface area contributed by atoms with Gasteiger partial charge in [-0.15, -0.1) is 0 Å². The van der Waals surface area contributed by atoms with Gasteiger partial charge in [-0.25, -0.2) is 0 Å². The Labute approximate surface area is 91.5 Å². The fourth-order valence-electron chi connectivity index (χ4n) is 2.42. The van der Waals surface area contributed by atoms with Crippen LogP contribution < -0.4 is 4.90 Å². The van der Waals surface area contributed by atoms with Crippen LogP contribution in [0.1, 0.15) is 25.7 Å². The van der Waals surface area contributed by atoms with Crippen LogP contribution in [0.15, 0.2) is 30.3 Å². The van der Waals surface area contributed by atoms with Crippen LogP contribution in [0.5, 0.6) is 0 Å². The maximum absolute atomic E-state index is 8.86. The third-order valence-corrected chi connectivity index (χ3v) is 3.16. The largest absolute Gasteiger partial charge is 0.396 e. The van der Waals surface area contributed by atoms with Gasteiger partial charge in [0.15, 0.2) is 0 Å². The SMILES string of the molecule is OCCCC1CCCN1c1ccccc1. The molecule has 2 rings (SSSR count). The molecule has 0 aromatic heterocycles. The van der Waals surface area contributed by atoms with Gasteiger partial charge in [0.05, 0.1) is 0 Å². The molecule has 1 N–H and O–H groups in total. The number of benzene rings is 1. The molecule has 1 aromatic rings. The zero-order valence-corrected chi connectivity index (χ0v) is 9.10. The molecule has 0 spiro atoms. The average molecular weight is 205 g/mol. The summed E-state index contributed by atoms with van der Waals surface area (Å²) in [6.07, 6.45) is 4.60. The van der Waals surface area contributed by atoms with Crippen LogP contribution in [-0.4, -0.2) is 24.3 Å². The monoisotopic (exact) mass is 205 g/mol. The third-order valence-electron chi connectivity index (χ3n) is 3.16. The molecule has 1 heterocycles. The standard InChI is InChI=1S/C13H19NO/c15-11-5-9-13-8-4-10-14(13)12-6-2-1-3-7-12/h1-3,6-7,13,15H,4-5,8-11H2. The molecule has 15 heavy (non-hydrogen) atoms. The maximum Gasteiger partial charge on any atom is 0.0431 e. The summed E-state index contributed by atoms with van der Waals surface area (Å²) in [5.41, 5.74) is 1.33. The summed E-state index contributed by atoms with van der Waals surface area (Å²) in [5, 5.41) is 8.86. The highest BCUT2D eigenvalue weighted by atomic mass is 16.2. The Morgan fingerprint density at radius 3 is 2.80 bits per heavy atom. The van der Waals surface area contributed by atoms with Gasteiger partial charge in [-0.1, -0.05) is 18.2 Å². The lowest BCUT2D eigenvalue weighted by molar-refractivity contribution is 0.279. The number of hydrogen-bond donors (Lipinski definition) is 1. The van der Waals surface area contributed by atoms with E-state index in [1.165, 1.54) is 25.1 Å². The predicted octanol–water partition coefficient (Wildman–Crippen LogP) is 2.43. The zero-order chi connectivity index (χ0) is 10.5. The Morgan fingerprint density at radius 2 is 2.07 bits per heavy atom. The van der Waals surface area contributed by atoms with Gasteiger partial charge in [0.2, 0.25) is 0 Å². The van der Waals surface area contributed by atoms with Crippen molar-refractivity contribution in [1.82, 2.24) is 0 Å². The van der Waals surface area contributed by atoms with E-state index in [0.29, 0.717) is 12.6 Å². The molecule has 0 saturated carbocycles. The molecule has 0 radical (unpaired) electrons. The second-order valence-electron chi connectivity index (χ2n) is 4.19. The highest BCUT2D eigenvalue weighted by Crippen LogP contribution is 2.27. The lowest BCUT2D eigenvalue weighted by Gasteiger charge is -2.26. The first-order valence-electron chi connectivity index (χ1n) is 5.84. The molecule has 82 valence electrons. The number of aliphatic hydroxyl groups is 1. The Balaban J connectivity index is 2.01. The van der Waals surface area contributed by atoms with Gasteiger partial charge in [0.1, 0.15) is 0 Å². The molecule has 0 bridgehead atoms.